The summed E-state index contributed by atoms with van der Waals surface area (Å²) < 4.78 is 0. The molecule has 2 nitrogen and oxygen atoms in total. The van der Waals surface area contributed by atoms with Crippen molar-refractivity contribution in [3.63, 3.8) is 0 Å². The van der Waals surface area contributed by atoms with E-state index in [0.717, 1.165) is 31.6 Å². The molecule has 1 saturated carbocycles. The lowest BCUT2D eigenvalue weighted by Crippen LogP contribution is -2.33. The van der Waals surface area contributed by atoms with Gasteiger partial charge in [-0.15, -0.1) is 0 Å². The average molecular weight is 184 g/mol. The Kier molecular flexibility index (Phi) is 2.99. The minimum absolute atomic E-state index is 0.439. The lowest BCUT2D eigenvalue weighted by Gasteiger charge is -2.35. The lowest BCUT2D eigenvalue weighted by molar-refractivity contribution is -0.150. The summed E-state index contributed by atoms with van der Waals surface area (Å²) >= 11 is 0. The summed E-state index contributed by atoms with van der Waals surface area (Å²) in [4.78, 5) is 11.0. The monoisotopic (exact) mass is 184 g/mol. The molecule has 1 N–H and O–H groups in total. The number of aliphatic carboxylic acids is 1. The summed E-state index contributed by atoms with van der Waals surface area (Å²) in [7, 11) is 0. The van der Waals surface area contributed by atoms with Crippen LogP contribution in [-0.2, 0) is 4.79 Å². The molecule has 0 saturated heterocycles. The molecule has 0 aromatic rings. The van der Waals surface area contributed by atoms with Crippen LogP contribution in [0.25, 0.3) is 0 Å². The van der Waals surface area contributed by atoms with Crippen molar-refractivity contribution in [3.05, 3.63) is 0 Å². The number of hydrogen-bond acceptors (Lipinski definition) is 1. The van der Waals surface area contributed by atoms with Gasteiger partial charge in [-0.2, -0.15) is 0 Å². The third-order valence-electron chi connectivity index (χ3n) is 3.59. The van der Waals surface area contributed by atoms with Gasteiger partial charge in [0, 0.05) is 0 Å². The zero-order valence-corrected chi connectivity index (χ0v) is 8.84. The van der Waals surface area contributed by atoms with Crippen molar-refractivity contribution >= 4 is 5.97 Å². The van der Waals surface area contributed by atoms with E-state index in [0.29, 0.717) is 5.92 Å². The fraction of sp³-hybridized carbons (Fsp3) is 0.909. The lowest BCUT2D eigenvalue weighted by atomic mass is 9.69. The molecule has 0 amide bonds. The molecule has 0 spiro atoms. The molecule has 1 aliphatic carbocycles. The SMILES string of the molecule is CC(C)[C@H]1CC[C@@](C)(C(=O)O)CC1. The fourth-order valence-corrected chi connectivity index (χ4v) is 2.16. The molecular formula is C11H20O2. The zero-order valence-electron chi connectivity index (χ0n) is 8.84. The van der Waals surface area contributed by atoms with Gasteiger partial charge in [0.25, 0.3) is 0 Å². The molecule has 0 bridgehead atoms. The Morgan fingerprint density at radius 3 is 2.15 bits per heavy atom. The molecule has 76 valence electrons. The minimum atomic E-state index is -0.616. The van der Waals surface area contributed by atoms with Gasteiger partial charge >= 0.3 is 5.97 Å². The second kappa shape index (κ2) is 3.69. The molecule has 0 heterocycles. The van der Waals surface area contributed by atoms with Gasteiger partial charge in [-0.3, -0.25) is 4.79 Å². The van der Waals surface area contributed by atoms with Crippen LogP contribution in [0, 0.1) is 17.3 Å². The summed E-state index contributed by atoms with van der Waals surface area (Å²) in [5, 5.41) is 9.02. The minimum Gasteiger partial charge on any atom is -0.481 e. The second-order valence-corrected chi connectivity index (χ2v) is 4.95. The first kappa shape index (κ1) is 10.6. The Bertz CT molecular complexity index is 188. The van der Waals surface area contributed by atoms with E-state index in [1.807, 2.05) is 6.92 Å². The molecule has 13 heavy (non-hydrogen) atoms. The summed E-state index contributed by atoms with van der Waals surface area (Å²) in [6, 6.07) is 0. The largest absolute Gasteiger partial charge is 0.481 e. The molecule has 1 fully saturated rings. The molecule has 0 aromatic heterocycles. The number of carboxylic acids is 1. The van der Waals surface area contributed by atoms with Gasteiger partial charge in [-0.05, 0) is 44.4 Å². The molecule has 0 aromatic carbocycles. The molecule has 0 aliphatic heterocycles. The van der Waals surface area contributed by atoms with Crippen molar-refractivity contribution in [2.45, 2.75) is 46.5 Å². The van der Waals surface area contributed by atoms with Crippen molar-refractivity contribution in [1.29, 1.82) is 0 Å². The highest BCUT2D eigenvalue weighted by molar-refractivity contribution is 5.74. The summed E-state index contributed by atoms with van der Waals surface area (Å²) in [6.07, 6.45) is 3.87. The molecule has 2 heteroatoms. The maximum atomic E-state index is 11.0. The first-order valence-corrected chi connectivity index (χ1v) is 5.19. The Morgan fingerprint density at radius 1 is 1.38 bits per heavy atom. The number of rotatable bonds is 2. The number of carboxylic acid groups (broad SMARTS) is 1. The average Bonchev–Trinajstić information content (AvgIpc) is 2.04. The van der Waals surface area contributed by atoms with Crippen molar-refractivity contribution in [2.24, 2.45) is 17.3 Å². The van der Waals surface area contributed by atoms with E-state index in [-0.39, 0.29) is 0 Å². The van der Waals surface area contributed by atoms with Crippen molar-refractivity contribution in [3.8, 4) is 0 Å². The summed E-state index contributed by atoms with van der Waals surface area (Å²) in [5.41, 5.74) is -0.439. The van der Waals surface area contributed by atoms with Crippen LogP contribution in [0.15, 0.2) is 0 Å². The van der Waals surface area contributed by atoms with Crippen molar-refractivity contribution in [1.82, 2.24) is 0 Å². The van der Waals surface area contributed by atoms with Crippen LogP contribution in [0.5, 0.6) is 0 Å². The standard InChI is InChI=1S/C11H20O2/c1-8(2)9-4-6-11(3,7-5-9)10(12)13/h8-9H,4-7H2,1-3H3,(H,12,13)/t9-,11+. The highest BCUT2D eigenvalue weighted by Crippen LogP contribution is 2.41. The molecule has 0 radical (unpaired) electrons. The normalized spacial score (nSPS) is 34.9. The van der Waals surface area contributed by atoms with Gasteiger partial charge in [0.05, 0.1) is 5.41 Å². The van der Waals surface area contributed by atoms with Crippen LogP contribution in [0.1, 0.15) is 46.5 Å². The quantitative estimate of drug-likeness (QED) is 0.716. The Morgan fingerprint density at radius 2 is 1.85 bits per heavy atom. The molecular weight excluding hydrogens is 164 g/mol. The smallest absolute Gasteiger partial charge is 0.309 e. The highest BCUT2D eigenvalue weighted by Gasteiger charge is 2.37. The maximum Gasteiger partial charge on any atom is 0.309 e. The molecule has 1 aliphatic rings. The van der Waals surface area contributed by atoms with E-state index >= 15 is 0 Å². The van der Waals surface area contributed by atoms with Crippen molar-refractivity contribution in [2.75, 3.05) is 0 Å². The fourth-order valence-electron chi connectivity index (χ4n) is 2.16. The zero-order chi connectivity index (χ0) is 10.1. The summed E-state index contributed by atoms with van der Waals surface area (Å²) in [5.74, 6) is 0.834. The van der Waals surface area contributed by atoms with Crippen LogP contribution >= 0.6 is 0 Å². The predicted octanol–water partition coefficient (Wildman–Crippen LogP) is 2.92. The highest BCUT2D eigenvalue weighted by atomic mass is 16.4. The van der Waals surface area contributed by atoms with E-state index in [1.54, 1.807) is 0 Å². The third-order valence-corrected chi connectivity index (χ3v) is 3.59. The van der Waals surface area contributed by atoms with E-state index in [2.05, 4.69) is 13.8 Å². The predicted molar refractivity (Wildman–Crippen MR) is 52.5 cm³/mol. The van der Waals surface area contributed by atoms with Crippen LogP contribution < -0.4 is 0 Å². The number of carbonyl (C=O) groups is 1. The number of hydrogen-bond donors (Lipinski definition) is 1. The first-order chi connectivity index (χ1) is 5.96. The van der Waals surface area contributed by atoms with Gasteiger partial charge in [-0.25, -0.2) is 0 Å². The molecule has 0 atom stereocenters. The first-order valence-electron chi connectivity index (χ1n) is 5.19. The van der Waals surface area contributed by atoms with Crippen molar-refractivity contribution < 1.29 is 9.90 Å². The van der Waals surface area contributed by atoms with Crippen LogP contribution in [0.3, 0.4) is 0 Å². The van der Waals surface area contributed by atoms with E-state index in [9.17, 15) is 4.79 Å². The second-order valence-electron chi connectivity index (χ2n) is 4.95. The van der Waals surface area contributed by atoms with Gasteiger partial charge in [0.15, 0.2) is 0 Å². The van der Waals surface area contributed by atoms with E-state index in [4.69, 9.17) is 5.11 Å². The van der Waals surface area contributed by atoms with Gasteiger partial charge in [0.2, 0.25) is 0 Å². The molecule has 0 unspecified atom stereocenters. The van der Waals surface area contributed by atoms with Gasteiger partial charge < -0.3 is 5.11 Å². The Hall–Kier alpha value is -0.530. The molecule has 1 rings (SSSR count). The van der Waals surface area contributed by atoms with E-state index < -0.39 is 11.4 Å². The Balaban J connectivity index is 2.51. The maximum absolute atomic E-state index is 11.0. The van der Waals surface area contributed by atoms with E-state index in [1.165, 1.54) is 0 Å². The topological polar surface area (TPSA) is 37.3 Å². The van der Waals surface area contributed by atoms with Crippen LogP contribution in [0.4, 0.5) is 0 Å². The van der Waals surface area contributed by atoms with Crippen LogP contribution in [-0.4, -0.2) is 11.1 Å². The Labute approximate surface area is 80.3 Å². The van der Waals surface area contributed by atoms with Gasteiger partial charge in [-0.1, -0.05) is 13.8 Å². The van der Waals surface area contributed by atoms with Gasteiger partial charge in [0.1, 0.15) is 0 Å². The van der Waals surface area contributed by atoms with Crippen LogP contribution in [0.2, 0.25) is 0 Å². The summed E-state index contributed by atoms with van der Waals surface area (Å²) in [6.45, 7) is 6.34. The third kappa shape index (κ3) is 2.23.